The molecule has 0 amide bonds. The summed E-state index contributed by atoms with van der Waals surface area (Å²) in [5.41, 5.74) is -0.783. The summed E-state index contributed by atoms with van der Waals surface area (Å²) in [6, 6.07) is 3.57. The van der Waals surface area contributed by atoms with E-state index in [9.17, 15) is 29.1 Å². The van der Waals surface area contributed by atoms with Crippen molar-refractivity contribution in [2.24, 2.45) is 0 Å². The van der Waals surface area contributed by atoms with Crippen molar-refractivity contribution in [3.63, 3.8) is 0 Å². The number of rotatable bonds is 5. The van der Waals surface area contributed by atoms with E-state index in [1.165, 1.54) is 19.2 Å². The molecule has 0 unspecified atom stereocenters. The molecule has 0 aliphatic rings. The molecular formula is C20H18O10. The van der Waals surface area contributed by atoms with E-state index < -0.39 is 46.6 Å². The van der Waals surface area contributed by atoms with Crippen LogP contribution in [0.4, 0.5) is 0 Å². The standard InChI is InChI=1S/C20H18O10/c1-9(21)28-15-8-13-5-12(7-16(25)27-4)6-14(24)18(26)17(13)20(30-11(3)23)19(15)29-10(2)22/h5-6,8H,7H2,1-4H3,(H,24,26). The third-order valence-corrected chi connectivity index (χ3v) is 3.68. The summed E-state index contributed by atoms with van der Waals surface area (Å²) in [4.78, 5) is 59.2. The minimum Gasteiger partial charge on any atom is -0.504 e. The predicted molar refractivity (Wildman–Crippen MR) is 102 cm³/mol. The molecule has 1 N–H and O–H groups in total. The van der Waals surface area contributed by atoms with Gasteiger partial charge in [0.15, 0.2) is 17.2 Å². The molecule has 0 aromatic heterocycles. The highest BCUT2D eigenvalue weighted by Gasteiger charge is 2.25. The third kappa shape index (κ3) is 5.10. The molecule has 30 heavy (non-hydrogen) atoms. The average molecular weight is 418 g/mol. The molecule has 2 aromatic rings. The molecule has 0 saturated heterocycles. The molecule has 2 aromatic carbocycles. The van der Waals surface area contributed by atoms with E-state index in [1.54, 1.807) is 0 Å². The van der Waals surface area contributed by atoms with Crippen LogP contribution in [-0.4, -0.2) is 36.1 Å². The normalized spacial score (nSPS) is 10.3. The van der Waals surface area contributed by atoms with Crippen LogP contribution in [0.25, 0.3) is 10.8 Å². The summed E-state index contributed by atoms with van der Waals surface area (Å²) in [6.45, 7) is 3.18. The van der Waals surface area contributed by atoms with Gasteiger partial charge in [0.2, 0.25) is 11.2 Å². The highest BCUT2D eigenvalue weighted by molar-refractivity contribution is 5.97. The van der Waals surface area contributed by atoms with Gasteiger partial charge >= 0.3 is 23.9 Å². The van der Waals surface area contributed by atoms with E-state index in [2.05, 4.69) is 4.74 Å². The lowest BCUT2D eigenvalue weighted by molar-refractivity contribution is -0.140. The molecule has 10 heteroatoms. The Balaban J connectivity index is 3.02. The van der Waals surface area contributed by atoms with Crippen molar-refractivity contribution in [3.05, 3.63) is 34.0 Å². The Morgan fingerprint density at radius 3 is 1.97 bits per heavy atom. The molecule has 0 spiro atoms. The van der Waals surface area contributed by atoms with Gasteiger partial charge in [-0.05, 0) is 23.1 Å². The number of hydrogen-bond acceptors (Lipinski definition) is 10. The van der Waals surface area contributed by atoms with Crippen LogP contribution in [-0.2, 0) is 30.3 Å². The number of esters is 4. The van der Waals surface area contributed by atoms with Crippen LogP contribution in [0.1, 0.15) is 26.3 Å². The van der Waals surface area contributed by atoms with E-state index in [-0.39, 0.29) is 28.5 Å². The second kappa shape index (κ2) is 9.03. The molecule has 0 saturated carbocycles. The Hall–Kier alpha value is -3.95. The first kappa shape index (κ1) is 22.3. The van der Waals surface area contributed by atoms with Gasteiger partial charge in [0.25, 0.3) is 0 Å². The largest absolute Gasteiger partial charge is 0.504 e. The van der Waals surface area contributed by atoms with Crippen molar-refractivity contribution in [1.82, 2.24) is 0 Å². The third-order valence-electron chi connectivity index (χ3n) is 3.68. The van der Waals surface area contributed by atoms with Crippen molar-refractivity contribution in [1.29, 1.82) is 0 Å². The predicted octanol–water partition coefficient (Wildman–Crippen LogP) is 1.40. The van der Waals surface area contributed by atoms with Crippen LogP contribution >= 0.6 is 0 Å². The average Bonchev–Trinajstić information content (AvgIpc) is 2.73. The molecule has 0 aliphatic heterocycles. The van der Waals surface area contributed by atoms with E-state index in [1.807, 2.05) is 0 Å². The van der Waals surface area contributed by atoms with Gasteiger partial charge in [0, 0.05) is 20.8 Å². The maximum atomic E-state index is 12.8. The maximum Gasteiger partial charge on any atom is 0.309 e. The summed E-state index contributed by atoms with van der Waals surface area (Å²) in [5.74, 6) is -5.22. The zero-order valence-corrected chi connectivity index (χ0v) is 16.6. The fourth-order valence-corrected chi connectivity index (χ4v) is 2.65. The van der Waals surface area contributed by atoms with Gasteiger partial charge in [-0.25, -0.2) is 0 Å². The lowest BCUT2D eigenvalue weighted by Gasteiger charge is -2.14. The first-order valence-electron chi connectivity index (χ1n) is 8.52. The van der Waals surface area contributed by atoms with Crippen LogP contribution in [0.15, 0.2) is 23.0 Å². The molecule has 0 fully saturated rings. The summed E-state index contributed by atoms with van der Waals surface area (Å²) < 4.78 is 19.8. The second-order valence-corrected chi connectivity index (χ2v) is 6.11. The molecule has 0 bridgehead atoms. The number of methoxy groups -OCH3 is 1. The first-order valence-corrected chi connectivity index (χ1v) is 8.52. The molecule has 158 valence electrons. The van der Waals surface area contributed by atoms with Crippen LogP contribution in [0.2, 0.25) is 0 Å². The Labute approximate surface area is 169 Å². The number of benzene rings is 1. The van der Waals surface area contributed by atoms with Gasteiger partial charge in [0.1, 0.15) is 0 Å². The maximum absolute atomic E-state index is 12.8. The monoisotopic (exact) mass is 418 g/mol. The van der Waals surface area contributed by atoms with Gasteiger partial charge < -0.3 is 24.1 Å². The molecule has 0 heterocycles. The number of fused-ring (bicyclic) bond motifs is 1. The van der Waals surface area contributed by atoms with Gasteiger partial charge in [-0.2, -0.15) is 0 Å². The molecule has 10 nitrogen and oxygen atoms in total. The van der Waals surface area contributed by atoms with Crippen molar-refractivity contribution in [3.8, 4) is 23.0 Å². The highest BCUT2D eigenvalue weighted by Crippen LogP contribution is 2.43. The quantitative estimate of drug-likeness (QED) is 0.559. The van der Waals surface area contributed by atoms with Crippen molar-refractivity contribution < 1.29 is 43.2 Å². The van der Waals surface area contributed by atoms with Gasteiger partial charge in [-0.3, -0.25) is 24.0 Å². The number of carbonyl (C=O) groups excluding carboxylic acids is 4. The Morgan fingerprint density at radius 1 is 0.867 bits per heavy atom. The van der Waals surface area contributed by atoms with E-state index in [0.717, 1.165) is 26.8 Å². The van der Waals surface area contributed by atoms with Crippen molar-refractivity contribution in [2.45, 2.75) is 27.2 Å². The van der Waals surface area contributed by atoms with Gasteiger partial charge in [0.05, 0.1) is 18.9 Å². The molecule has 0 atom stereocenters. The lowest BCUT2D eigenvalue weighted by atomic mass is 10.1. The summed E-state index contributed by atoms with van der Waals surface area (Å²) in [5, 5.41) is 9.91. The van der Waals surface area contributed by atoms with Gasteiger partial charge in [-0.15, -0.1) is 0 Å². The van der Waals surface area contributed by atoms with E-state index >= 15 is 0 Å². The molecular weight excluding hydrogens is 400 g/mol. The minimum atomic E-state index is -0.972. The minimum absolute atomic E-state index is 0.0441. The summed E-state index contributed by atoms with van der Waals surface area (Å²) >= 11 is 0. The number of aromatic hydroxyl groups is 1. The zero-order chi connectivity index (χ0) is 22.6. The van der Waals surface area contributed by atoms with Crippen LogP contribution in [0.3, 0.4) is 0 Å². The fraction of sp³-hybridized carbons (Fsp3) is 0.250. The van der Waals surface area contributed by atoms with Crippen molar-refractivity contribution >= 4 is 34.6 Å². The van der Waals surface area contributed by atoms with Crippen LogP contribution in [0.5, 0.6) is 23.0 Å². The fourth-order valence-electron chi connectivity index (χ4n) is 2.65. The first-order chi connectivity index (χ1) is 14.0. The Morgan fingerprint density at radius 2 is 1.43 bits per heavy atom. The van der Waals surface area contributed by atoms with E-state index in [4.69, 9.17) is 14.2 Å². The second-order valence-electron chi connectivity index (χ2n) is 6.11. The molecule has 2 rings (SSSR count). The van der Waals surface area contributed by atoms with Crippen molar-refractivity contribution in [2.75, 3.05) is 7.11 Å². The van der Waals surface area contributed by atoms with Crippen LogP contribution < -0.4 is 19.6 Å². The lowest BCUT2D eigenvalue weighted by Crippen LogP contribution is -2.12. The highest BCUT2D eigenvalue weighted by atomic mass is 16.6. The number of ether oxygens (including phenoxy) is 4. The SMILES string of the molecule is COC(=O)Cc1cc(O)c(=O)c2c(OC(C)=O)c(OC(C)=O)c(OC(C)=O)cc2c1. The smallest absolute Gasteiger partial charge is 0.309 e. The van der Waals surface area contributed by atoms with E-state index in [0.29, 0.717) is 0 Å². The van der Waals surface area contributed by atoms with Gasteiger partial charge in [-0.1, -0.05) is 6.07 Å². The molecule has 0 aliphatic carbocycles. The summed E-state index contributed by atoms with van der Waals surface area (Å²) in [7, 11) is 1.17. The number of hydrogen-bond donors (Lipinski definition) is 1. The number of carbonyl (C=O) groups is 4. The molecule has 0 radical (unpaired) electrons. The van der Waals surface area contributed by atoms with Crippen LogP contribution in [0, 0.1) is 0 Å². The topological polar surface area (TPSA) is 143 Å². The zero-order valence-electron chi connectivity index (χ0n) is 16.6. The Kier molecular flexibility index (Phi) is 6.73. The summed E-state index contributed by atoms with van der Waals surface area (Å²) in [6.07, 6.45) is -0.287. The Bertz CT molecular complexity index is 1120.